The fourth-order valence-electron chi connectivity index (χ4n) is 3.82. The van der Waals surface area contributed by atoms with Gasteiger partial charge in [0.15, 0.2) is 0 Å². The zero-order chi connectivity index (χ0) is 18.7. The van der Waals surface area contributed by atoms with Gasteiger partial charge in [-0.2, -0.15) is 0 Å². The molecule has 0 aliphatic rings. The van der Waals surface area contributed by atoms with Crippen LogP contribution in [0, 0.1) is 0 Å². The molecular formula is C26H44. The Labute approximate surface area is 164 Å². The molecule has 1 aromatic rings. The molecule has 148 valence electrons. The van der Waals surface area contributed by atoms with Crippen molar-refractivity contribution in [3.8, 4) is 0 Å². The lowest BCUT2D eigenvalue weighted by atomic mass is 10.00. The van der Waals surface area contributed by atoms with Gasteiger partial charge in [0.25, 0.3) is 0 Å². The summed E-state index contributed by atoms with van der Waals surface area (Å²) in [6.07, 6.45) is 26.2. The zero-order valence-corrected chi connectivity index (χ0v) is 17.6. The molecular weight excluding hydrogens is 312 g/mol. The maximum Gasteiger partial charge on any atom is -0.0230 e. The van der Waals surface area contributed by atoms with Gasteiger partial charge in [0, 0.05) is 0 Å². The molecule has 0 aromatic heterocycles. The highest BCUT2D eigenvalue weighted by Gasteiger charge is 1.98. The molecule has 0 saturated carbocycles. The summed E-state index contributed by atoms with van der Waals surface area (Å²) in [4.78, 5) is 0. The van der Waals surface area contributed by atoms with E-state index < -0.39 is 0 Å². The number of hydrogen-bond acceptors (Lipinski definition) is 0. The lowest BCUT2D eigenvalue weighted by Crippen LogP contribution is -1.90. The van der Waals surface area contributed by atoms with Gasteiger partial charge >= 0.3 is 0 Å². The van der Waals surface area contributed by atoms with Crippen LogP contribution in [0.2, 0.25) is 0 Å². The van der Waals surface area contributed by atoms with Crippen LogP contribution in [0.5, 0.6) is 0 Å². The van der Waals surface area contributed by atoms with E-state index in [0.717, 1.165) is 0 Å². The van der Waals surface area contributed by atoms with Gasteiger partial charge in [0.2, 0.25) is 0 Å². The Bertz CT molecular complexity index is 431. The second kappa shape index (κ2) is 17.4. The first-order valence-corrected chi connectivity index (χ1v) is 11.6. The van der Waals surface area contributed by atoms with Crippen LogP contribution in [-0.2, 0) is 6.42 Å². The Hall–Kier alpha value is -1.04. The second-order valence-electron chi connectivity index (χ2n) is 7.96. The summed E-state index contributed by atoms with van der Waals surface area (Å²) in [6, 6.07) is 8.68. The third-order valence-electron chi connectivity index (χ3n) is 5.57. The monoisotopic (exact) mass is 356 g/mol. The zero-order valence-electron chi connectivity index (χ0n) is 17.6. The highest BCUT2D eigenvalue weighted by molar-refractivity contribution is 5.51. The Kier molecular flexibility index (Phi) is 15.4. The summed E-state index contributed by atoms with van der Waals surface area (Å²) in [7, 11) is 0. The summed E-state index contributed by atoms with van der Waals surface area (Å²) in [5.74, 6) is 0. The van der Waals surface area contributed by atoms with E-state index in [-0.39, 0.29) is 0 Å². The van der Waals surface area contributed by atoms with E-state index >= 15 is 0 Å². The van der Waals surface area contributed by atoms with Crippen molar-refractivity contribution in [1.29, 1.82) is 0 Å². The molecule has 1 rings (SSSR count). The summed E-state index contributed by atoms with van der Waals surface area (Å²) in [6.45, 7) is 6.21. The molecule has 0 amide bonds. The minimum Gasteiger partial charge on any atom is -0.0985 e. The maximum atomic E-state index is 3.92. The van der Waals surface area contributed by atoms with Gasteiger partial charge in [-0.25, -0.2) is 0 Å². The smallest absolute Gasteiger partial charge is 0.0230 e. The summed E-state index contributed by atoms with van der Waals surface area (Å²) >= 11 is 0. The Balaban J connectivity index is 1.80. The molecule has 0 aliphatic carbocycles. The standard InChI is InChI=1S/C26H44/c1-3-5-6-7-8-9-10-11-12-13-14-15-16-17-18-19-23-26-24-21-20-22-25(26)4-2/h4,20-22,24H,2-3,5-19,23H2,1H3. The Morgan fingerprint density at radius 2 is 1.04 bits per heavy atom. The van der Waals surface area contributed by atoms with Crippen molar-refractivity contribution in [3.63, 3.8) is 0 Å². The molecule has 0 heteroatoms. The first kappa shape index (κ1) is 23.0. The molecule has 0 unspecified atom stereocenters. The molecule has 0 heterocycles. The fourth-order valence-corrected chi connectivity index (χ4v) is 3.82. The van der Waals surface area contributed by atoms with Crippen molar-refractivity contribution in [3.05, 3.63) is 42.0 Å². The molecule has 26 heavy (non-hydrogen) atoms. The largest absolute Gasteiger partial charge is 0.0985 e. The molecule has 0 atom stereocenters. The predicted octanol–water partition coefficient (Wildman–Crippen LogP) is 9.13. The van der Waals surface area contributed by atoms with Gasteiger partial charge in [-0.3, -0.25) is 0 Å². The average molecular weight is 357 g/mol. The minimum atomic E-state index is 1.21. The van der Waals surface area contributed by atoms with Crippen molar-refractivity contribution in [2.45, 2.75) is 116 Å². The quantitative estimate of drug-likeness (QED) is 0.230. The van der Waals surface area contributed by atoms with Crippen molar-refractivity contribution >= 4 is 6.08 Å². The van der Waals surface area contributed by atoms with E-state index in [4.69, 9.17) is 0 Å². The maximum absolute atomic E-state index is 3.92. The van der Waals surface area contributed by atoms with E-state index in [1.165, 1.54) is 120 Å². The first-order valence-electron chi connectivity index (χ1n) is 11.6. The van der Waals surface area contributed by atoms with Gasteiger partial charge in [-0.05, 0) is 24.0 Å². The summed E-state index contributed by atoms with van der Waals surface area (Å²) < 4.78 is 0. The normalized spacial score (nSPS) is 11.0. The third kappa shape index (κ3) is 12.3. The highest BCUT2D eigenvalue weighted by Crippen LogP contribution is 2.16. The molecule has 0 bridgehead atoms. The van der Waals surface area contributed by atoms with Gasteiger partial charge < -0.3 is 0 Å². The van der Waals surface area contributed by atoms with Gasteiger partial charge in [-0.15, -0.1) is 0 Å². The van der Waals surface area contributed by atoms with Crippen LogP contribution >= 0.6 is 0 Å². The molecule has 1 aromatic carbocycles. The molecule has 0 saturated heterocycles. The van der Waals surface area contributed by atoms with Crippen LogP contribution < -0.4 is 0 Å². The Morgan fingerprint density at radius 1 is 0.615 bits per heavy atom. The minimum absolute atomic E-state index is 1.21. The van der Waals surface area contributed by atoms with Crippen LogP contribution in [0.1, 0.15) is 121 Å². The molecule has 0 aliphatic heterocycles. The molecule has 0 fully saturated rings. The van der Waals surface area contributed by atoms with Crippen molar-refractivity contribution in [2.24, 2.45) is 0 Å². The molecule has 0 N–H and O–H groups in total. The van der Waals surface area contributed by atoms with Crippen LogP contribution in [0.15, 0.2) is 30.8 Å². The first-order chi connectivity index (χ1) is 12.9. The summed E-state index contributed by atoms with van der Waals surface area (Å²) in [5, 5.41) is 0. The molecule has 0 radical (unpaired) electrons. The van der Waals surface area contributed by atoms with Gasteiger partial charge in [-0.1, -0.05) is 140 Å². The lowest BCUT2D eigenvalue weighted by Gasteiger charge is -2.06. The summed E-state index contributed by atoms with van der Waals surface area (Å²) in [5.41, 5.74) is 2.78. The number of rotatable bonds is 18. The van der Waals surface area contributed by atoms with E-state index in [2.05, 4.69) is 37.8 Å². The van der Waals surface area contributed by atoms with Crippen LogP contribution in [-0.4, -0.2) is 0 Å². The predicted molar refractivity (Wildman–Crippen MR) is 120 cm³/mol. The fraction of sp³-hybridized carbons (Fsp3) is 0.692. The topological polar surface area (TPSA) is 0 Å². The molecule has 0 nitrogen and oxygen atoms in total. The molecule has 0 spiro atoms. The van der Waals surface area contributed by atoms with E-state index in [9.17, 15) is 0 Å². The van der Waals surface area contributed by atoms with E-state index in [1.54, 1.807) is 0 Å². The second-order valence-corrected chi connectivity index (χ2v) is 7.96. The number of hydrogen-bond donors (Lipinski definition) is 0. The van der Waals surface area contributed by atoms with Gasteiger partial charge in [0.05, 0.1) is 0 Å². The third-order valence-corrected chi connectivity index (χ3v) is 5.57. The number of benzene rings is 1. The van der Waals surface area contributed by atoms with Crippen molar-refractivity contribution < 1.29 is 0 Å². The number of aryl methyl sites for hydroxylation is 1. The van der Waals surface area contributed by atoms with Crippen molar-refractivity contribution in [2.75, 3.05) is 0 Å². The van der Waals surface area contributed by atoms with Crippen LogP contribution in [0.25, 0.3) is 6.08 Å². The van der Waals surface area contributed by atoms with E-state index in [0.29, 0.717) is 0 Å². The SMILES string of the molecule is C=Cc1ccccc1CCCCCCCCCCCCCCCCCC. The van der Waals surface area contributed by atoms with E-state index in [1.807, 2.05) is 6.08 Å². The highest BCUT2D eigenvalue weighted by atomic mass is 14.0. The van der Waals surface area contributed by atoms with Crippen LogP contribution in [0.4, 0.5) is 0 Å². The number of unbranched alkanes of at least 4 members (excludes halogenated alkanes) is 15. The van der Waals surface area contributed by atoms with Gasteiger partial charge in [0.1, 0.15) is 0 Å². The lowest BCUT2D eigenvalue weighted by molar-refractivity contribution is 0.529. The Morgan fingerprint density at radius 3 is 1.50 bits per heavy atom. The van der Waals surface area contributed by atoms with Crippen molar-refractivity contribution in [1.82, 2.24) is 0 Å². The average Bonchev–Trinajstić information content (AvgIpc) is 2.68. The van der Waals surface area contributed by atoms with Crippen LogP contribution in [0.3, 0.4) is 0 Å².